The van der Waals surface area contributed by atoms with Crippen LogP contribution in [0.1, 0.15) is 31.4 Å². The van der Waals surface area contributed by atoms with Crippen LogP contribution in [0.15, 0.2) is 54.6 Å². The van der Waals surface area contributed by atoms with Gasteiger partial charge >= 0.3 is 11.9 Å². The molecule has 0 heterocycles. The molecule has 1 saturated carbocycles. The van der Waals surface area contributed by atoms with Gasteiger partial charge in [0.1, 0.15) is 0 Å². The van der Waals surface area contributed by atoms with E-state index in [1.54, 1.807) is 14.0 Å². The van der Waals surface area contributed by atoms with Gasteiger partial charge in [-0.25, -0.2) is 0 Å². The van der Waals surface area contributed by atoms with E-state index in [1.807, 2.05) is 54.6 Å². The van der Waals surface area contributed by atoms with Crippen molar-refractivity contribution < 1.29 is 24.6 Å². The van der Waals surface area contributed by atoms with E-state index in [2.05, 4.69) is 0 Å². The van der Waals surface area contributed by atoms with Crippen LogP contribution in [0.2, 0.25) is 0 Å². The predicted molar refractivity (Wildman–Crippen MR) is 108 cm³/mol. The molecule has 0 spiro atoms. The van der Waals surface area contributed by atoms with Gasteiger partial charge in [-0.1, -0.05) is 61.5 Å². The summed E-state index contributed by atoms with van der Waals surface area (Å²) in [6, 6.07) is 17.2. The molecule has 0 bridgehead atoms. The van der Waals surface area contributed by atoms with Crippen molar-refractivity contribution in [2.45, 2.75) is 25.8 Å². The number of carbonyl (C=O) groups is 3. The lowest BCUT2D eigenvalue weighted by molar-refractivity contribution is -0.144. The number of carboxylic acids is 2. The van der Waals surface area contributed by atoms with Crippen LogP contribution in [-0.2, 0) is 14.4 Å². The fraction of sp³-hybridized carbons (Fsp3) is 0.348. The Bertz CT molecular complexity index is 893. The van der Waals surface area contributed by atoms with Gasteiger partial charge in [-0.15, -0.1) is 0 Å². The fourth-order valence-electron chi connectivity index (χ4n) is 3.64. The molecular weight excluding hydrogens is 370 g/mol. The Labute approximate surface area is 169 Å². The number of aliphatic carboxylic acids is 2. The van der Waals surface area contributed by atoms with Gasteiger partial charge in [0.05, 0.1) is 23.8 Å². The molecule has 152 valence electrons. The molecule has 0 unspecified atom stereocenters. The maximum Gasteiger partial charge on any atom is 0.307 e. The molecule has 4 atom stereocenters. The first-order valence-electron chi connectivity index (χ1n) is 9.67. The van der Waals surface area contributed by atoms with Crippen LogP contribution in [0.3, 0.4) is 0 Å². The average molecular weight is 395 g/mol. The van der Waals surface area contributed by atoms with Crippen molar-refractivity contribution in [1.29, 1.82) is 0 Å². The number of benzene rings is 2. The molecule has 6 heteroatoms. The van der Waals surface area contributed by atoms with Crippen molar-refractivity contribution in [2.75, 3.05) is 7.05 Å². The lowest BCUT2D eigenvalue weighted by atomic mass is 9.93. The Morgan fingerprint density at radius 2 is 1.55 bits per heavy atom. The summed E-state index contributed by atoms with van der Waals surface area (Å²) >= 11 is 0. The van der Waals surface area contributed by atoms with Crippen molar-refractivity contribution in [3.63, 3.8) is 0 Å². The van der Waals surface area contributed by atoms with E-state index < -0.39 is 35.7 Å². The van der Waals surface area contributed by atoms with Crippen LogP contribution in [-0.4, -0.2) is 40.0 Å². The molecule has 1 fully saturated rings. The fourth-order valence-corrected chi connectivity index (χ4v) is 3.64. The molecule has 2 aromatic rings. The minimum absolute atomic E-state index is 0.243. The molecule has 1 aliphatic rings. The first-order valence-corrected chi connectivity index (χ1v) is 9.67. The standard InChI is InChI=1S/C23H25NO5/c1-14(22(26)27)12-20(24(2)21(25)18-13-19(18)23(28)29)17-10-8-16(9-11-17)15-6-4-3-5-7-15/h3-11,14,18-20H,12-13H2,1-2H3,(H,26,27)(H,28,29)/t14-,18+,19+,20+/m1/s1. The first-order chi connectivity index (χ1) is 13.8. The summed E-state index contributed by atoms with van der Waals surface area (Å²) in [7, 11) is 1.63. The van der Waals surface area contributed by atoms with Crippen LogP contribution in [0.4, 0.5) is 0 Å². The highest BCUT2D eigenvalue weighted by molar-refractivity contribution is 5.89. The van der Waals surface area contributed by atoms with Gasteiger partial charge in [0.15, 0.2) is 0 Å². The van der Waals surface area contributed by atoms with E-state index in [0.29, 0.717) is 6.42 Å². The Kier molecular flexibility index (Phi) is 6.01. The van der Waals surface area contributed by atoms with E-state index in [-0.39, 0.29) is 12.3 Å². The second-order valence-corrected chi connectivity index (χ2v) is 7.71. The predicted octanol–water partition coefficient (Wildman–Crippen LogP) is 3.68. The third kappa shape index (κ3) is 4.65. The zero-order valence-electron chi connectivity index (χ0n) is 16.5. The van der Waals surface area contributed by atoms with Gasteiger partial charge in [-0.3, -0.25) is 14.4 Å². The molecule has 2 aromatic carbocycles. The smallest absolute Gasteiger partial charge is 0.307 e. The maximum absolute atomic E-state index is 12.8. The van der Waals surface area contributed by atoms with E-state index in [4.69, 9.17) is 5.11 Å². The first kappa shape index (κ1) is 20.6. The third-order valence-electron chi connectivity index (χ3n) is 5.64. The zero-order valence-corrected chi connectivity index (χ0v) is 16.5. The number of carbonyl (C=O) groups excluding carboxylic acids is 1. The minimum atomic E-state index is -0.959. The van der Waals surface area contributed by atoms with Crippen LogP contribution in [0.5, 0.6) is 0 Å². The van der Waals surface area contributed by atoms with E-state index in [9.17, 15) is 19.5 Å². The summed E-state index contributed by atoms with van der Waals surface area (Å²) in [4.78, 5) is 36.8. The lowest BCUT2D eigenvalue weighted by Gasteiger charge is -2.30. The van der Waals surface area contributed by atoms with Gasteiger partial charge in [-0.05, 0) is 29.5 Å². The topological polar surface area (TPSA) is 94.9 Å². The molecule has 2 N–H and O–H groups in total. The largest absolute Gasteiger partial charge is 0.481 e. The number of rotatable bonds is 8. The van der Waals surface area contributed by atoms with Gasteiger partial charge in [-0.2, -0.15) is 0 Å². The van der Waals surface area contributed by atoms with Crippen LogP contribution in [0, 0.1) is 17.8 Å². The Hall–Kier alpha value is -3.15. The minimum Gasteiger partial charge on any atom is -0.481 e. The van der Waals surface area contributed by atoms with E-state index in [0.717, 1.165) is 16.7 Å². The number of amides is 1. The van der Waals surface area contributed by atoms with Gasteiger partial charge < -0.3 is 15.1 Å². The zero-order chi connectivity index (χ0) is 21.1. The van der Waals surface area contributed by atoms with Gasteiger partial charge in [0.2, 0.25) is 5.91 Å². The molecule has 3 rings (SSSR count). The van der Waals surface area contributed by atoms with Crippen LogP contribution in [0.25, 0.3) is 11.1 Å². The maximum atomic E-state index is 12.8. The monoisotopic (exact) mass is 395 g/mol. The molecule has 0 radical (unpaired) electrons. The van der Waals surface area contributed by atoms with Crippen molar-refractivity contribution >= 4 is 17.8 Å². The molecule has 0 aliphatic heterocycles. The highest BCUT2D eigenvalue weighted by Gasteiger charge is 2.50. The van der Waals surface area contributed by atoms with Crippen molar-refractivity contribution in [3.8, 4) is 11.1 Å². The molecular formula is C23H25NO5. The van der Waals surface area contributed by atoms with Crippen molar-refractivity contribution in [3.05, 3.63) is 60.2 Å². The number of nitrogens with zero attached hydrogens (tertiary/aromatic N) is 1. The molecule has 6 nitrogen and oxygen atoms in total. The number of carboxylic acid groups (broad SMARTS) is 2. The second-order valence-electron chi connectivity index (χ2n) is 7.71. The normalized spacial score (nSPS) is 19.8. The Morgan fingerprint density at radius 1 is 0.966 bits per heavy atom. The summed E-state index contributed by atoms with van der Waals surface area (Å²) in [5, 5.41) is 18.5. The van der Waals surface area contributed by atoms with E-state index in [1.165, 1.54) is 4.90 Å². The molecule has 29 heavy (non-hydrogen) atoms. The van der Waals surface area contributed by atoms with Crippen molar-refractivity contribution in [2.24, 2.45) is 17.8 Å². The molecule has 1 aliphatic carbocycles. The number of hydrogen-bond donors (Lipinski definition) is 2. The van der Waals surface area contributed by atoms with E-state index >= 15 is 0 Å². The highest BCUT2D eigenvalue weighted by atomic mass is 16.4. The van der Waals surface area contributed by atoms with Crippen LogP contribution >= 0.6 is 0 Å². The molecule has 0 saturated heterocycles. The summed E-state index contributed by atoms with van der Waals surface area (Å²) in [6.45, 7) is 1.61. The SMILES string of the molecule is C[C@H](C[C@@H](c1ccc(-c2ccccc2)cc1)N(C)C(=O)[C@H]1C[C@@H]1C(=O)O)C(=O)O. The van der Waals surface area contributed by atoms with Gasteiger partial charge in [0.25, 0.3) is 0 Å². The molecule has 1 amide bonds. The lowest BCUT2D eigenvalue weighted by Crippen LogP contribution is -2.35. The summed E-state index contributed by atoms with van der Waals surface area (Å²) in [6.07, 6.45) is 0.597. The highest BCUT2D eigenvalue weighted by Crippen LogP contribution is 2.42. The van der Waals surface area contributed by atoms with Gasteiger partial charge in [0, 0.05) is 7.05 Å². The second kappa shape index (κ2) is 8.47. The summed E-state index contributed by atoms with van der Waals surface area (Å²) < 4.78 is 0. The van der Waals surface area contributed by atoms with Crippen molar-refractivity contribution in [1.82, 2.24) is 4.90 Å². The average Bonchev–Trinajstić information content (AvgIpc) is 3.53. The third-order valence-corrected chi connectivity index (χ3v) is 5.64. The quantitative estimate of drug-likeness (QED) is 0.711. The summed E-state index contributed by atoms with van der Waals surface area (Å²) in [5.74, 6) is -3.93. The van der Waals surface area contributed by atoms with Crippen LogP contribution < -0.4 is 0 Å². The number of hydrogen-bond acceptors (Lipinski definition) is 3. The Balaban J connectivity index is 1.84. The summed E-state index contributed by atoms with van der Waals surface area (Å²) in [5.41, 5.74) is 2.93. The Morgan fingerprint density at radius 3 is 2.07 bits per heavy atom. The molecule has 0 aromatic heterocycles.